The quantitative estimate of drug-likeness (QED) is 0.628. The van der Waals surface area contributed by atoms with Gasteiger partial charge in [-0.05, 0) is 44.2 Å². The molecule has 4 N–H and O–H groups in total. The Morgan fingerprint density at radius 2 is 2.00 bits per heavy atom. The average Bonchev–Trinajstić information content (AvgIpc) is 2.44. The van der Waals surface area contributed by atoms with Crippen LogP contribution in [0.5, 0.6) is 0 Å². The predicted octanol–water partition coefficient (Wildman–Crippen LogP) is 2.31. The van der Waals surface area contributed by atoms with Crippen molar-refractivity contribution in [1.82, 2.24) is 0 Å². The van der Waals surface area contributed by atoms with Gasteiger partial charge in [0.25, 0.3) is 0 Å². The van der Waals surface area contributed by atoms with Gasteiger partial charge >= 0.3 is 0 Å². The van der Waals surface area contributed by atoms with Crippen molar-refractivity contribution in [3.63, 3.8) is 0 Å². The number of rotatable bonds is 5. The van der Waals surface area contributed by atoms with Crippen LogP contribution in [0, 0.1) is 6.92 Å². The highest BCUT2D eigenvalue weighted by Crippen LogP contribution is 2.12. The van der Waals surface area contributed by atoms with E-state index >= 15 is 0 Å². The van der Waals surface area contributed by atoms with E-state index < -0.39 is 0 Å². The summed E-state index contributed by atoms with van der Waals surface area (Å²) in [5.74, 6) is 0.500. The Hall–Kier alpha value is -1.94. The lowest BCUT2D eigenvalue weighted by Crippen LogP contribution is -2.14. The molecule has 0 radical (unpaired) electrons. The number of hydrogen-bond donors (Lipinski definition) is 2. The number of aryl methyl sites for hydroxylation is 1. The third kappa shape index (κ3) is 4.03. The Kier molecular flexibility index (Phi) is 5.45. The summed E-state index contributed by atoms with van der Waals surface area (Å²) in [5, 5.41) is 0. The molecule has 0 saturated carbocycles. The summed E-state index contributed by atoms with van der Waals surface area (Å²) >= 11 is 0. The topological polar surface area (TPSA) is 76.8 Å². The Bertz CT molecular complexity index is 527. The Labute approximate surface area is 114 Å². The molecule has 0 saturated heterocycles. The molecule has 0 amide bonds. The van der Waals surface area contributed by atoms with Crippen molar-refractivity contribution in [2.75, 3.05) is 0 Å². The zero-order valence-corrected chi connectivity index (χ0v) is 11.9. The molecule has 0 unspecified atom stereocenters. The summed E-state index contributed by atoms with van der Waals surface area (Å²) in [6.45, 7) is 10.4. The van der Waals surface area contributed by atoms with E-state index in [1.54, 1.807) is 0 Å². The number of benzene rings is 1. The second-order valence-corrected chi connectivity index (χ2v) is 4.53. The van der Waals surface area contributed by atoms with E-state index in [1.807, 2.05) is 19.9 Å². The minimum atomic E-state index is 0.500. The highest BCUT2D eigenvalue weighted by atomic mass is 14.9. The van der Waals surface area contributed by atoms with Crippen molar-refractivity contribution in [2.45, 2.75) is 33.9 Å². The van der Waals surface area contributed by atoms with Crippen LogP contribution in [0.15, 0.2) is 39.5 Å². The standard InChI is InChI=1S/C15H22N4/c1-10-5-6-13(7-14(10)8-16)9-19-15(17)11(2)12(3)18-4/h5-7H,4,8-9,16H2,1-3H3,(H2,17,19)/b12-11+. The summed E-state index contributed by atoms with van der Waals surface area (Å²) < 4.78 is 0. The van der Waals surface area contributed by atoms with Gasteiger partial charge in [0.2, 0.25) is 0 Å². The van der Waals surface area contributed by atoms with Gasteiger partial charge in [-0.1, -0.05) is 18.2 Å². The maximum Gasteiger partial charge on any atom is 0.123 e. The number of aliphatic imine (C=N–C) groups is 2. The van der Waals surface area contributed by atoms with Crippen LogP contribution in [-0.2, 0) is 13.1 Å². The maximum atomic E-state index is 5.92. The van der Waals surface area contributed by atoms with E-state index in [2.05, 4.69) is 35.8 Å². The van der Waals surface area contributed by atoms with Crippen LogP contribution >= 0.6 is 0 Å². The zero-order valence-electron chi connectivity index (χ0n) is 11.9. The molecule has 1 aromatic rings. The molecule has 0 fully saturated rings. The molecule has 1 aromatic carbocycles. The van der Waals surface area contributed by atoms with Gasteiger partial charge in [0.1, 0.15) is 5.84 Å². The van der Waals surface area contributed by atoms with Crippen LogP contribution in [0.4, 0.5) is 0 Å². The molecule has 102 valence electrons. The first-order valence-electron chi connectivity index (χ1n) is 6.22. The van der Waals surface area contributed by atoms with Gasteiger partial charge in [-0.25, -0.2) is 0 Å². The SMILES string of the molecule is C=N/C(C)=C(\C)C(N)=NCc1ccc(C)c(CN)c1. The van der Waals surface area contributed by atoms with Crippen molar-refractivity contribution in [2.24, 2.45) is 21.5 Å². The van der Waals surface area contributed by atoms with Crippen LogP contribution in [-0.4, -0.2) is 12.6 Å². The van der Waals surface area contributed by atoms with Crippen molar-refractivity contribution in [3.8, 4) is 0 Å². The van der Waals surface area contributed by atoms with Crippen LogP contribution in [0.3, 0.4) is 0 Å². The summed E-state index contributed by atoms with van der Waals surface area (Å²) in [7, 11) is 0. The molecule has 0 aliphatic rings. The van der Waals surface area contributed by atoms with E-state index in [4.69, 9.17) is 11.5 Å². The van der Waals surface area contributed by atoms with Crippen LogP contribution in [0.2, 0.25) is 0 Å². The second kappa shape index (κ2) is 6.85. The fraction of sp³-hybridized carbons (Fsp3) is 0.333. The number of nitrogens with two attached hydrogens (primary N) is 2. The molecule has 0 bridgehead atoms. The molecule has 4 nitrogen and oxygen atoms in total. The molecule has 0 atom stereocenters. The van der Waals surface area contributed by atoms with Gasteiger partial charge in [0.15, 0.2) is 0 Å². The first-order chi connectivity index (χ1) is 8.99. The van der Waals surface area contributed by atoms with Crippen molar-refractivity contribution >= 4 is 12.6 Å². The predicted molar refractivity (Wildman–Crippen MR) is 82.3 cm³/mol. The first kappa shape index (κ1) is 15.1. The Balaban J connectivity index is 2.90. The van der Waals surface area contributed by atoms with Crippen LogP contribution in [0.1, 0.15) is 30.5 Å². The molecule has 0 aliphatic heterocycles. The largest absolute Gasteiger partial charge is 0.384 e. The lowest BCUT2D eigenvalue weighted by molar-refractivity contribution is 1.01. The fourth-order valence-corrected chi connectivity index (χ4v) is 1.64. The number of amidine groups is 1. The molecule has 19 heavy (non-hydrogen) atoms. The highest BCUT2D eigenvalue weighted by molar-refractivity contribution is 5.97. The van der Waals surface area contributed by atoms with E-state index in [1.165, 1.54) is 5.56 Å². The normalized spacial score (nSPS) is 13.2. The third-order valence-corrected chi connectivity index (χ3v) is 3.23. The van der Waals surface area contributed by atoms with E-state index in [0.717, 1.165) is 22.4 Å². The number of hydrogen-bond acceptors (Lipinski definition) is 3. The molecule has 0 spiro atoms. The minimum Gasteiger partial charge on any atom is -0.384 e. The Morgan fingerprint density at radius 3 is 2.58 bits per heavy atom. The van der Waals surface area contributed by atoms with Gasteiger partial charge in [-0.2, -0.15) is 0 Å². The fourth-order valence-electron chi connectivity index (χ4n) is 1.64. The third-order valence-electron chi connectivity index (χ3n) is 3.23. The monoisotopic (exact) mass is 258 g/mol. The summed E-state index contributed by atoms with van der Waals surface area (Å²) in [6.07, 6.45) is 0. The van der Waals surface area contributed by atoms with Gasteiger partial charge in [-0.15, -0.1) is 0 Å². The number of nitrogens with zero attached hydrogens (tertiary/aromatic N) is 2. The van der Waals surface area contributed by atoms with Gasteiger partial charge in [0, 0.05) is 17.8 Å². The molecular weight excluding hydrogens is 236 g/mol. The lowest BCUT2D eigenvalue weighted by Gasteiger charge is -2.07. The zero-order chi connectivity index (χ0) is 14.4. The van der Waals surface area contributed by atoms with Gasteiger partial charge in [-0.3, -0.25) is 9.98 Å². The summed E-state index contributed by atoms with van der Waals surface area (Å²) in [5.41, 5.74) is 16.7. The minimum absolute atomic E-state index is 0.500. The number of allylic oxidation sites excluding steroid dienone is 1. The highest BCUT2D eigenvalue weighted by Gasteiger charge is 2.02. The molecule has 4 heteroatoms. The van der Waals surface area contributed by atoms with Crippen LogP contribution in [0.25, 0.3) is 0 Å². The first-order valence-corrected chi connectivity index (χ1v) is 6.22. The molecule has 0 aromatic heterocycles. The Morgan fingerprint density at radius 1 is 1.32 bits per heavy atom. The lowest BCUT2D eigenvalue weighted by atomic mass is 10.1. The van der Waals surface area contributed by atoms with Gasteiger partial charge in [0.05, 0.1) is 6.54 Å². The van der Waals surface area contributed by atoms with Crippen molar-refractivity contribution in [1.29, 1.82) is 0 Å². The van der Waals surface area contributed by atoms with Crippen molar-refractivity contribution in [3.05, 3.63) is 46.2 Å². The smallest absolute Gasteiger partial charge is 0.123 e. The molecule has 0 heterocycles. The van der Waals surface area contributed by atoms with E-state index in [0.29, 0.717) is 18.9 Å². The van der Waals surface area contributed by atoms with Crippen LogP contribution < -0.4 is 11.5 Å². The maximum absolute atomic E-state index is 5.92. The van der Waals surface area contributed by atoms with E-state index in [9.17, 15) is 0 Å². The second-order valence-electron chi connectivity index (χ2n) is 4.53. The van der Waals surface area contributed by atoms with E-state index in [-0.39, 0.29) is 0 Å². The molecule has 1 rings (SSSR count). The van der Waals surface area contributed by atoms with Crippen molar-refractivity contribution < 1.29 is 0 Å². The molecule has 0 aliphatic carbocycles. The summed E-state index contributed by atoms with van der Waals surface area (Å²) in [4.78, 5) is 8.23. The average molecular weight is 258 g/mol. The summed E-state index contributed by atoms with van der Waals surface area (Å²) in [6, 6.07) is 6.18. The van der Waals surface area contributed by atoms with Gasteiger partial charge < -0.3 is 11.5 Å². The molecular formula is C15H22N4.